The summed E-state index contributed by atoms with van der Waals surface area (Å²) in [4.78, 5) is 0. The van der Waals surface area contributed by atoms with Gasteiger partial charge in [0.2, 0.25) is 0 Å². The monoisotopic (exact) mass is 354 g/mol. The average molecular weight is 356 g/mol. The van der Waals surface area contributed by atoms with Crippen LogP contribution >= 0.6 is 27.5 Å². The highest BCUT2D eigenvalue weighted by Crippen LogP contribution is 2.32. The van der Waals surface area contributed by atoms with E-state index in [1.807, 2.05) is 36.4 Å². The molecule has 0 aliphatic rings. The molecule has 0 fully saturated rings. The van der Waals surface area contributed by atoms with Crippen LogP contribution in [0.3, 0.4) is 0 Å². The Morgan fingerprint density at radius 1 is 1.25 bits per heavy atom. The van der Waals surface area contributed by atoms with Crippen molar-refractivity contribution < 1.29 is 4.74 Å². The van der Waals surface area contributed by atoms with Crippen LogP contribution in [0.25, 0.3) is 0 Å². The fourth-order valence-electron chi connectivity index (χ4n) is 1.70. The molecule has 0 amide bonds. The molecule has 0 aliphatic carbocycles. The molecule has 0 saturated heterocycles. The third-order valence-electron chi connectivity index (χ3n) is 2.68. The van der Waals surface area contributed by atoms with E-state index in [9.17, 15) is 0 Å². The van der Waals surface area contributed by atoms with Gasteiger partial charge in [-0.2, -0.15) is 0 Å². The Labute approximate surface area is 132 Å². The van der Waals surface area contributed by atoms with E-state index in [0.29, 0.717) is 23.1 Å². The number of nitrogen functional groups attached to an aromatic ring is 1. The summed E-state index contributed by atoms with van der Waals surface area (Å²) in [6, 6.07) is 11.2. The van der Waals surface area contributed by atoms with Crippen LogP contribution in [0.4, 0.5) is 17.1 Å². The molecule has 0 unspecified atom stereocenters. The largest absolute Gasteiger partial charge is 0.491 e. The van der Waals surface area contributed by atoms with Gasteiger partial charge < -0.3 is 15.8 Å². The second-order valence-electron chi connectivity index (χ2n) is 4.35. The van der Waals surface area contributed by atoms with E-state index < -0.39 is 0 Å². The average Bonchev–Trinajstić information content (AvgIpc) is 2.43. The summed E-state index contributed by atoms with van der Waals surface area (Å²) >= 11 is 9.49. The van der Waals surface area contributed by atoms with Crippen LogP contribution in [0, 0.1) is 0 Å². The highest BCUT2D eigenvalue weighted by molar-refractivity contribution is 9.10. The first kappa shape index (κ1) is 15.0. The first-order valence-corrected chi connectivity index (χ1v) is 7.51. The maximum Gasteiger partial charge on any atom is 0.144 e. The van der Waals surface area contributed by atoms with Gasteiger partial charge >= 0.3 is 0 Å². The number of benzene rings is 2. The molecule has 5 heteroatoms. The second kappa shape index (κ2) is 6.86. The van der Waals surface area contributed by atoms with Crippen LogP contribution in [0.5, 0.6) is 5.75 Å². The van der Waals surface area contributed by atoms with E-state index in [4.69, 9.17) is 22.1 Å². The number of anilines is 3. The van der Waals surface area contributed by atoms with Crippen LogP contribution in [-0.2, 0) is 0 Å². The zero-order valence-corrected chi connectivity index (χ0v) is 13.5. The fraction of sp³-hybridized carbons (Fsp3) is 0.200. The molecule has 3 N–H and O–H groups in total. The van der Waals surface area contributed by atoms with Crippen molar-refractivity contribution in [3.63, 3.8) is 0 Å². The Hall–Kier alpha value is -1.39. The fourth-order valence-corrected chi connectivity index (χ4v) is 2.22. The second-order valence-corrected chi connectivity index (χ2v) is 5.64. The van der Waals surface area contributed by atoms with Crippen molar-refractivity contribution in [1.29, 1.82) is 0 Å². The highest BCUT2D eigenvalue weighted by atomic mass is 79.9. The zero-order chi connectivity index (χ0) is 14.5. The normalized spacial score (nSPS) is 10.3. The van der Waals surface area contributed by atoms with Crippen LogP contribution in [0.15, 0.2) is 40.9 Å². The van der Waals surface area contributed by atoms with E-state index in [1.54, 1.807) is 0 Å². The van der Waals surface area contributed by atoms with Crippen LogP contribution in [-0.4, -0.2) is 6.61 Å². The molecule has 20 heavy (non-hydrogen) atoms. The Bertz CT molecular complexity index is 604. The van der Waals surface area contributed by atoms with Gasteiger partial charge in [0.1, 0.15) is 5.75 Å². The zero-order valence-electron chi connectivity index (χ0n) is 11.1. The van der Waals surface area contributed by atoms with Gasteiger partial charge in [-0.3, -0.25) is 0 Å². The molecule has 0 saturated carbocycles. The first-order chi connectivity index (χ1) is 9.60. The summed E-state index contributed by atoms with van der Waals surface area (Å²) in [5.41, 5.74) is 8.32. The molecule has 0 bridgehead atoms. The first-order valence-electron chi connectivity index (χ1n) is 6.34. The van der Waals surface area contributed by atoms with Gasteiger partial charge in [-0.1, -0.05) is 18.5 Å². The molecule has 3 nitrogen and oxygen atoms in total. The summed E-state index contributed by atoms with van der Waals surface area (Å²) < 4.78 is 6.56. The molecule has 0 spiro atoms. The van der Waals surface area contributed by atoms with Crippen molar-refractivity contribution in [3.8, 4) is 5.75 Å². The van der Waals surface area contributed by atoms with E-state index in [-0.39, 0.29) is 0 Å². The number of ether oxygens (including phenoxy) is 1. The number of nitrogens with two attached hydrogens (primary N) is 1. The van der Waals surface area contributed by atoms with Crippen LogP contribution in [0.2, 0.25) is 5.02 Å². The van der Waals surface area contributed by atoms with Gasteiger partial charge in [0.05, 0.1) is 18.0 Å². The third kappa shape index (κ3) is 3.81. The quantitative estimate of drug-likeness (QED) is 0.723. The van der Waals surface area contributed by atoms with Gasteiger partial charge in [-0.15, -0.1) is 0 Å². The lowest BCUT2D eigenvalue weighted by Gasteiger charge is -2.13. The molecular weight excluding hydrogens is 340 g/mol. The minimum absolute atomic E-state index is 0.633. The Morgan fingerprint density at radius 2 is 2.05 bits per heavy atom. The molecule has 2 aromatic carbocycles. The van der Waals surface area contributed by atoms with Crippen molar-refractivity contribution in [2.45, 2.75) is 13.3 Å². The molecule has 2 rings (SSSR count). The van der Waals surface area contributed by atoms with Crippen molar-refractivity contribution in [1.82, 2.24) is 0 Å². The number of hydrogen-bond acceptors (Lipinski definition) is 3. The molecule has 0 heterocycles. The van der Waals surface area contributed by atoms with Crippen molar-refractivity contribution >= 4 is 44.6 Å². The van der Waals surface area contributed by atoms with Crippen LogP contribution in [0.1, 0.15) is 13.3 Å². The number of hydrogen-bond donors (Lipinski definition) is 2. The third-order valence-corrected chi connectivity index (χ3v) is 3.61. The van der Waals surface area contributed by atoms with Crippen molar-refractivity contribution in [2.24, 2.45) is 0 Å². The lowest BCUT2D eigenvalue weighted by atomic mass is 10.2. The maximum absolute atomic E-state index is 6.00. The molecular formula is C15H16BrClN2O. The molecule has 0 aliphatic heterocycles. The summed E-state index contributed by atoms with van der Waals surface area (Å²) in [6.07, 6.45) is 0.941. The summed E-state index contributed by atoms with van der Waals surface area (Å²) in [5.74, 6) is 0.690. The van der Waals surface area contributed by atoms with Gasteiger partial charge in [0.15, 0.2) is 0 Å². The molecule has 0 radical (unpaired) electrons. The Balaban J connectivity index is 2.22. The lowest BCUT2D eigenvalue weighted by molar-refractivity contribution is 0.319. The SMILES string of the molecule is CCCOc1cc(Nc2cc(Cl)ccc2Br)ccc1N. The highest BCUT2D eigenvalue weighted by Gasteiger charge is 2.05. The van der Waals surface area contributed by atoms with E-state index in [0.717, 1.165) is 22.3 Å². The molecule has 106 valence electrons. The summed E-state index contributed by atoms with van der Waals surface area (Å²) in [5, 5.41) is 3.96. The number of rotatable bonds is 5. The smallest absolute Gasteiger partial charge is 0.144 e. The van der Waals surface area contributed by atoms with E-state index in [1.165, 1.54) is 0 Å². The van der Waals surface area contributed by atoms with Crippen LogP contribution < -0.4 is 15.8 Å². The van der Waals surface area contributed by atoms with Crippen molar-refractivity contribution in [3.05, 3.63) is 45.9 Å². The predicted octanol–water partition coefficient (Wildman–Crippen LogP) is 5.22. The topological polar surface area (TPSA) is 47.3 Å². The predicted molar refractivity (Wildman–Crippen MR) is 89.1 cm³/mol. The van der Waals surface area contributed by atoms with Crippen molar-refractivity contribution in [2.75, 3.05) is 17.7 Å². The Morgan fingerprint density at radius 3 is 2.80 bits per heavy atom. The Kier molecular flexibility index (Phi) is 5.15. The number of nitrogens with one attached hydrogen (secondary N) is 1. The molecule has 2 aromatic rings. The standard InChI is InChI=1S/C15H16BrClN2O/c1-2-7-20-15-9-11(4-6-13(15)18)19-14-8-10(17)3-5-12(14)16/h3-6,8-9,19H,2,7,18H2,1H3. The summed E-state index contributed by atoms with van der Waals surface area (Å²) in [7, 11) is 0. The lowest BCUT2D eigenvalue weighted by Crippen LogP contribution is -2.00. The van der Waals surface area contributed by atoms with E-state index >= 15 is 0 Å². The minimum Gasteiger partial charge on any atom is -0.491 e. The van der Waals surface area contributed by atoms with Gasteiger partial charge in [-0.25, -0.2) is 0 Å². The minimum atomic E-state index is 0.633. The number of halogens is 2. The van der Waals surface area contributed by atoms with Gasteiger partial charge in [0, 0.05) is 21.2 Å². The molecule has 0 atom stereocenters. The summed E-state index contributed by atoms with van der Waals surface area (Å²) in [6.45, 7) is 2.70. The molecule has 0 aromatic heterocycles. The maximum atomic E-state index is 6.00. The van der Waals surface area contributed by atoms with Gasteiger partial charge in [0.25, 0.3) is 0 Å². The van der Waals surface area contributed by atoms with E-state index in [2.05, 4.69) is 28.2 Å². The van der Waals surface area contributed by atoms with Gasteiger partial charge in [-0.05, 0) is 52.7 Å².